The molecule has 0 unspecified atom stereocenters. The van der Waals surface area contributed by atoms with Crippen LogP contribution in [0.4, 0.5) is 0 Å². The van der Waals surface area contributed by atoms with E-state index in [4.69, 9.17) is 5.73 Å². The molecule has 6 nitrogen and oxygen atoms in total. The van der Waals surface area contributed by atoms with Gasteiger partial charge < -0.3 is 11.1 Å². The Kier molecular flexibility index (Phi) is 2.64. The molecule has 1 heterocycles. The van der Waals surface area contributed by atoms with Crippen LogP contribution in [0, 0.1) is 5.92 Å². The van der Waals surface area contributed by atoms with Crippen molar-refractivity contribution in [2.45, 2.75) is 19.4 Å². The molecule has 0 atom stereocenters. The highest BCUT2D eigenvalue weighted by molar-refractivity contribution is 5.97. The number of nitrogens with one attached hydrogen (secondary N) is 1. The van der Waals surface area contributed by atoms with Gasteiger partial charge in [0.05, 0.1) is 0 Å². The molecule has 3 N–H and O–H groups in total. The fraction of sp³-hybridized carbons (Fsp3) is 0.500. The number of primary amides is 1. The Morgan fingerprint density at radius 1 is 1.62 bits per heavy atom. The van der Waals surface area contributed by atoms with E-state index in [1.807, 2.05) is 0 Å². The van der Waals surface area contributed by atoms with Gasteiger partial charge in [0, 0.05) is 19.7 Å². The van der Waals surface area contributed by atoms with Crippen LogP contribution in [0.2, 0.25) is 0 Å². The molecule has 0 spiro atoms. The lowest BCUT2D eigenvalue weighted by Crippen LogP contribution is -2.22. The number of nitrogens with zero attached hydrogens (tertiary/aromatic N) is 2. The third-order valence-electron chi connectivity index (χ3n) is 2.62. The van der Waals surface area contributed by atoms with Crippen LogP contribution in [0.1, 0.15) is 33.8 Å². The molecular formula is C10H14N4O2. The van der Waals surface area contributed by atoms with Crippen LogP contribution in [0.15, 0.2) is 6.07 Å². The molecule has 0 aliphatic heterocycles. The molecule has 1 aromatic heterocycles. The van der Waals surface area contributed by atoms with Crippen LogP contribution in [-0.4, -0.2) is 28.6 Å². The molecule has 1 fully saturated rings. The predicted octanol–water partition coefficient (Wildman–Crippen LogP) is -0.248. The Morgan fingerprint density at radius 3 is 2.81 bits per heavy atom. The number of carbonyl (C=O) groups is 2. The number of aromatic nitrogens is 2. The molecule has 0 aromatic carbocycles. The molecule has 16 heavy (non-hydrogen) atoms. The Hall–Kier alpha value is -1.85. The molecular weight excluding hydrogens is 208 g/mol. The zero-order valence-corrected chi connectivity index (χ0v) is 9.06. The fourth-order valence-corrected chi connectivity index (χ4v) is 1.53. The van der Waals surface area contributed by atoms with Gasteiger partial charge in [0.2, 0.25) is 0 Å². The molecule has 1 aliphatic carbocycles. The third kappa shape index (κ3) is 2.05. The van der Waals surface area contributed by atoms with Crippen LogP contribution in [0.3, 0.4) is 0 Å². The monoisotopic (exact) mass is 222 g/mol. The maximum Gasteiger partial charge on any atom is 0.269 e. The van der Waals surface area contributed by atoms with E-state index >= 15 is 0 Å². The van der Waals surface area contributed by atoms with Gasteiger partial charge in [-0.15, -0.1) is 0 Å². The molecule has 1 aliphatic rings. The van der Waals surface area contributed by atoms with Gasteiger partial charge in [-0.1, -0.05) is 0 Å². The summed E-state index contributed by atoms with van der Waals surface area (Å²) in [6, 6.07) is 1.43. The van der Waals surface area contributed by atoms with Crippen LogP contribution in [-0.2, 0) is 6.54 Å². The first-order valence-electron chi connectivity index (χ1n) is 5.21. The van der Waals surface area contributed by atoms with Gasteiger partial charge in [-0.25, -0.2) is 0 Å². The normalized spacial score (nSPS) is 14.8. The number of hydrogen-bond acceptors (Lipinski definition) is 3. The van der Waals surface area contributed by atoms with Crippen LogP contribution >= 0.6 is 0 Å². The second-order valence-electron chi connectivity index (χ2n) is 3.98. The minimum Gasteiger partial charge on any atom is -0.364 e. The lowest BCUT2D eigenvalue weighted by atomic mass is 10.3. The molecule has 0 saturated heterocycles. The van der Waals surface area contributed by atoms with Crippen molar-refractivity contribution in [3.63, 3.8) is 0 Å². The smallest absolute Gasteiger partial charge is 0.269 e. The van der Waals surface area contributed by atoms with Crippen LogP contribution in [0.5, 0.6) is 0 Å². The second-order valence-corrected chi connectivity index (χ2v) is 3.98. The quantitative estimate of drug-likeness (QED) is 0.736. The molecule has 1 saturated carbocycles. The average Bonchev–Trinajstić information content (AvgIpc) is 2.95. The lowest BCUT2D eigenvalue weighted by Gasteiger charge is -2.04. The van der Waals surface area contributed by atoms with Gasteiger partial charge in [-0.3, -0.25) is 14.3 Å². The van der Waals surface area contributed by atoms with Crippen molar-refractivity contribution in [1.29, 1.82) is 0 Å². The predicted molar refractivity (Wildman–Crippen MR) is 56.9 cm³/mol. The van der Waals surface area contributed by atoms with Gasteiger partial charge >= 0.3 is 0 Å². The van der Waals surface area contributed by atoms with Gasteiger partial charge in [0.1, 0.15) is 5.69 Å². The summed E-state index contributed by atoms with van der Waals surface area (Å²) >= 11 is 0. The fourth-order valence-electron chi connectivity index (χ4n) is 1.53. The van der Waals surface area contributed by atoms with Crippen molar-refractivity contribution in [2.75, 3.05) is 7.05 Å². The number of rotatable bonds is 4. The maximum atomic E-state index is 11.5. The summed E-state index contributed by atoms with van der Waals surface area (Å²) < 4.78 is 1.57. The van der Waals surface area contributed by atoms with E-state index in [-0.39, 0.29) is 11.6 Å². The highest BCUT2D eigenvalue weighted by atomic mass is 16.2. The van der Waals surface area contributed by atoms with Gasteiger partial charge in [0.15, 0.2) is 5.69 Å². The van der Waals surface area contributed by atoms with Crippen molar-refractivity contribution in [1.82, 2.24) is 15.1 Å². The van der Waals surface area contributed by atoms with Crippen LogP contribution < -0.4 is 11.1 Å². The zero-order valence-electron chi connectivity index (χ0n) is 9.06. The third-order valence-corrected chi connectivity index (χ3v) is 2.62. The van der Waals surface area contributed by atoms with E-state index in [1.165, 1.54) is 6.07 Å². The van der Waals surface area contributed by atoms with E-state index in [9.17, 15) is 9.59 Å². The van der Waals surface area contributed by atoms with Crippen molar-refractivity contribution in [3.8, 4) is 0 Å². The minimum absolute atomic E-state index is 0.138. The van der Waals surface area contributed by atoms with E-state index < -0.39 is 5.91 Å². The zero-order chi connectivity index (χ0) is 11.7. The summed E-state index contributed by atoms with van der Waals surface area (Å²) in [4.78, 5) is 22.5. The Morgan fingerprint density at radius 2 is 2.31 bits per heavy atom. The standard InChI is InChI=1S/C10H14N4O2/c1-12-10(16)8-4-7(9(11)15)13-14(8)5-6-2-3-6/h4,6H,2-3,5H2,1H3,(H2,11,15)(H,12,16). The van der Waals surface area contributed by atoms with Crippen LogP contribution in [0.25, 0.3) is 0 Å². The molecule has 0 radical (unpaired) electrons. The maximum absolute atomic E-state index is 11.5. The lowest BCUT2D eigenvalue weighted by molar-refractivity contribution is 0.0950. The van der Waals surface area contributed by atoms with Gasteiger partial charge in [-0.2, -0.15) is 5.10 Å². The molecule has 6 heteroatoms. The van der Waals surface area contributed by atoms with Crippen molar-refractivity contribution in [2.24, 2.45) is 11.7 Å². The largest absolute Gasteiger partial charge is 0.364 e. The first kappa shape index (κ1) is 10.7. The van der Waals surface area contributed by atoms with Gasteiger partial charge in [0.25, 0.3) is 11.8 Å². The molecule has 0 bridgehead atoms. The summed E-state index contributed by atoms with van der Waals surface area (Å²) in [5.74, 6) is -0.288. The van der Waals surface area contributed by atoms with Crippen molar-refractivity contribution < 1.29 is 9.59 Å². The van der Waals surface area contributed by atoms with Crippen molar-refractivity contribution in [3.05, 3.63) is 17.5 Å². The average molecular weight is 222 g/mol. The minimum atomic E-state index is -0.611. The molecule has 1 aromatic rings. The van der Waals surface area contributed by atoms with E-state index in [1.54, 1.807) is 11.7 Å². The summed E-state index contributed by atoms with van der Waals surface area (Å²) in [6.07, 6.45) is 2.30. The Bertz CT molecular complexity index is 434. The molecule has 86 valence electrons. The van der Waals surface area contributed by atoms with Gasteiger partial charge in [-0.05, 0) is 18.8 Å². The number of amides is 2. The Balaban J connectivity index is 2.30. The van der Waals surface area contributed by atoms with Crippen molar-refractivity contribution >= 4 is 11.8 Å². The highest BCUT2D eigenvalue weighted by Gasteiger charge is 2.25. The first-order valence-corrected chi connectivity index (χ1v) is 5.21. The summed E-state index contributed by atoms with van der Waals surface area (Å²) in [5, 5.41) is 6.56. The SMILES string of the molecule is CNC(=O)c1cc(C(N)=O)nn1CC1CC1. The summed E-state index contributed by atoms with van der Waals surface area (Å²) in [6.45, 7) is 0.677. The number of carbonyl (C=O) groups excluding carboxylic acids is 2. The molecule has 2 rings (SSSR count). The van der Waals surface area contributed by atoms with E-state index in [2.05, 4.69) is 10.4 Å². The number of hydrogen-bond donors (Lipinski definition) is 2. The molecule has 2 amide bonds. The van der Waals surface area contributed by atoms with E-state index in [0.29, 0.717) is 18.2 Å². The highest BCUT2D eigenvalue weighted by Crippen LogP contribution is 2.30. The van der Waals surface area contributed by atoms with E-state index in [0.717, 1.165) is 12.8 Å². The first-order chi connectivity index (χ1) is 7.61. The Labute approximate surface area is 92.8 Å². The summed E-state index contributed by atoms with van der Waals surface area (Å²) in [7, 11) is 1.54. The number of nitrogens with two attached hydrogens (primary N) is 1. The topological polar surface area (TPSA) is 90.0 Å². The second kappa shape index (κ2) is 3.96. The summed E-state index contributed by atoms with van der Waals surface area (Å²) in [5.41, 5.74) is 5.67.